The van der Waals surface area contributed by atoms with E-state index in [2.05, 4.69) is 6.92 Å². The number of hydrogen-bond acceptors (Lipinski definition) is 1. The lowest BCUT2D eigenvalue weighted by atomic mass is 10.1. The number of halogens is 1. The summed E-state index contributed by atoms with van der Waals surface area (Å²) in [5, 5.41) is 8.41. The lowest BCUT2D eigenvalue weighted by molar-refractivity contribution is -0.137. The molecule has 0 fully saturated rings. The van der Waals surface area contributed by atoms with Crippen LogP contribution < -0.4 is 0 Å². The van der Waals surface area contributed by atoms with Crippen LogP contribution in [0.15, 0.2) is 0 Å². The molecule has 0 aliphatic carbocycles. The zero-order valence-corrected chi connectivity index (χ0v) is 12.2. The van der Waals surface area contributed by atoms with Crippen LogP contribution >= 0.6 is 24.0 Å². The first kappa shape index (κ1) is 17.6. The van der Waals surface area contributed by atoms with Gasteiger partial charge < -0.3 is 5.11 Å². The zero-order valence-electron chi connectivity index (χ0n) is 9.83. The normalized spacial score (nSPS) is 9.67. The summed E-state index contributed by atoms with van der Waals surface area (Å²) in [6, 6.07) is 0. The van der Waals surface area contributed by atoms with Gasteiger partial charge in [0.25, 0.3) is 0 Å². The van der Waals surface area contributed by atoms with Crippen molar-refractivity contribution in [1.82, 2.24) is 0 Å². The molecule has 0 aromatic carbocycles. The molecule has 92 valence electrons. The highest BCUT2D eigenvalue weighted by Gasteiger charge is 1.96. The topological polar surface area (TPSA) is 37.3 Å². The van der Waals surface area contributed by atoms with Crippen molar-refractivity contribution in [3.8, 4) is 0 Å². The molecular weight excluding hydrogens is 303 g/mol. The smallest absolute Gasteiger partial charge is 0.303 e. The number of unbranched alkanes of at least 4 members (excludes halogenated alkanes) is 8. The lowest BCUT2D eigenvalue weighted by Crippen LogP contribution is -1.93. The van der Waals surface area contributed by atoms with Gasteiger partial charge in [-0.05, 0) is 6.42 Å². The number of rotatable bonds is 10. The maximum Gasteiger partial charge on any atom is 0.303 e. The van der Waals surface area contributed by atoms with Crippen LogP contribution in [-0.2, 0) is 4.79 Å². The van der Waals surface area contributed by atoms with E-state index in [1.54, 1.807) is 0 Å². The third-order valence-electron chi connectivity index (χ3n) is 2.49. The Bertz CT molecular complexity index is 138. The molecule has 0 radical (unpaired) electrons. The Morgan fingerprint density at radius 1 is 0.867 bits per heavy atom. The van der Waals surface area contributed by atoms with Crippen LogP contribution in [0.1, 0.15) is 71.1 Å². The molecule has 0 saturated heterocycles. The summed E-state index contributed by atoms with van der Waals surface area (Å²) in [4.78, 5) is 10.2. The van der Waals surface area contributed by atoms with Crippen LogP contribution in [0.3, 0.4) is 0 Å². The van der Waals surface area contributed by atoms with E-state index < -0.39 is 5.97 Å². The number of carbonyl (C=O) groups is 1. The highest BCUT2D eigenvalue weighted by atomic mass is 127. The van der Waals surface area contributed by atoms with E-state index in [1.807, 2.05) is 0 Å². The van der Waals surface area contributed by atoms with Crippen molar-refractivity contribution in [2.24, 2.45) is 0 Å². The van der Waals surface area contributed by atoms with Gasteiger partial charge in [-0.2, -0.15) is 0 Å². The molecule has 1 N–H and O–H groups in total. The minimum atomic E-state index is -0.659. The molecule has 2 nitrogen and oxygen atoms in total. The van der Waals surface area contributed by atoms with Crippen LogP contribution in [0.2, 0.25) is 0 Å². The van der Waals surface area contributed by atoms with Gasteiger partial charge in [-0.1, -0.05) is 58.3 Å². The van der Waals surface area contributed by atoms with Gasteiger partial charge >= 0.3 is 5.97 Å². The first-order valence-electron chi connectivity index (χ1n) is 5.99. The Balaban J connectivity index is 0. The largest absolute Gasteiger partial charge is 0.481 e. The van der Waals surface area contributed by atoms with Crippen LogP contribution in [-0.4, -0.2) is 11.1 Å². The maximum absolute atomic E-state index is 10.2. The molecule has 15 heavy (non-hydrogen) atoms. The Labute approximate surface area is 111 Å². The fraction of sp³-hybridized carbons (Fsp3) is 0.917. The SMILES string of the molecule is CCCCCCCCCCCC(=O)O.I. The predicted octanol–water partition coefficient (Wildman–Crippen LogP) is 4.61. The molecule has 0 saturated carbocycles. The molecule has 0 aromatic heterocycles. The van der Waals surface area contributed by atoms with Crippen molar-refractivity contribution in [2.45, 2.75) is 71.1 Å². The van der Waals surface area contributed by atoms with E-state index >= 15 is 0 Å². The van der Waals surface area contributed by atoms with Crippen LogP contribution in [0.4, 0.5) is 0 Å². The van der Waals surface area contributed by atoms with Gasteiger partial charge in [-0.15, -0.1) is 24.0 Å². The van der Waals surface area contributed by atoms with Crippen molar-refractivity contribution in [3.63, 3.8) is 0 Å². The van der Waals surface area contributed by atoms with Gasteiger partial charge in [0.05, 0.1) is 0 Å². The van der Waals surface area contributed by atoms with Crippen LogP contribution in [0, 0.1) is 0 Å². The van der Waals surface area contributed by atoms with Crippen molar-refractivity contribution in [1.29, 1.82) is 0 Å². The Morgan fingerprint density at radius 2 is 1.27 bits per heavy atom. The van der Waals surface area contributed by atoms with Gasteiger partial charge in [-0.25, -0.2) is 0 Å². The van der Waals surface area contributed by atoms with E-state index in [4.69, 9.17) is 5.11 Å². The average molecular weight is 328 g/mol. The second-order valence-corrected chi connectivity index (χ2v) is 3.97. The van der Waals surface area contributed by atoms with Gasteiger partial charge in [0, 0.05) is 6.42 Å². The lowest BCUT2D eigenvalue weighted by Gasteiger charge is -2.00. The molecule has 0 unspecified atom stereocenters. The molecule has 0 aliphatic rings. The number of hydrogen-bond donors (Lipinski definition) is 1. The number of carboxylic acid groups (broad SMARTS) is 1. The molecular formula is C12H25IO2. The summed E-state index contributed by atoms with van der Waals surface area (Å²) in [6.45, 7) is 2.23. The fourth-order valence-corrected chi connectivity index (χ4v) is 1.59. The van der Waals surface area contributed by atoms with Gasteiger partial charge in [0.1, 0.15) is 0 Å². The third kappa shape index (κ3) is 16.8. The van der Waals surface area contributed by atoms with Gasteiger partial charge in [0.15, 0.2) is 0 Å². The molecule has 0 rings (SSSR count). The Kier molecular flexibility index (Phi) is 16.7. The number of carboxylic acids is 1. The average Bonchev–Trinajstić information content (AvgIpc) is 2.15. The summed E-state index contributed by atoms with van der Waals surface area (Å²) in [7, 11) is 0. The van der Waals surface area contributed by atoms with Crippen molar-refractivity contribution >= 4 is 29.9 Å². The van der Waals surface area contributed by atoms with E-state index in [0.717, 1.165) is 12.8 Å². The maximum atomic E-state index is 10.2. The van der Waals surface area contributed by atoms with Crippen molar-refractivity contribution in [2.75, 3.05) is 0 Å². The van der Waals surface area contributed by atoms with E-state index in [9.17, 15) is 4.79 Å². The van der Waals surface area contributed by atoms with E-state index in [1.165, 1.54) is 44.9 Å². The zero-order chi connectivity index (χ0) is 10.6. The fourth-order valence-electron chi connectivity index (χ4n) is 1.59. The molecule has 0 heterocycles. The molecule has 0 aliphatic heterocycles. The summed E-state index contributed by atoms with van der Waals surface area (Å²) in [5.41, 5.74) is 0. The van der Waals surface area contributed by atoms with Crippen LogP contribution in [0.5, 0.6) is 0 Å². The summed E-state index contributed by atoms with van der Waals surface area (Å²) in [5.74, 6) is -0.659. The van der Waals surface area contributed by atoms with Crippen molar-refractivity contribution < 1.29 is 9.90 Å². The summed E-state index contributed by atoms with van der Waals surface area (Å²) < 4.78 is 0. The predicted molar refractivity (Wildman–Crippen MR) is 74.9 cm³/mol. The molecule has 0 atom stereocenters. The van der Waals surface area contributed by atoms with Crippen molar-refractivity contribution in [3.05, 3.63) is 0 Å². The first-order chi connectivity index (χ1) is 6.77. The van der Waals surface area contributed by atoms with Gasteiger partial charge in [0.2, 0.25) is 0 Å². The second-order valence-electron chi connectivity index (χ2n) is 3.97. The Morgan fingerprint density at radius 3 is 1.67 bits per heavy atom. The Hall–Kier alpha value is 0.200. The summed E-state index contributed by atoms with van der Waals surface area (Å²) in [6.07, 6.45) is 11.5. The molecule has 0 aromatic rings. The highest BCUT2D eigenvalue weighted by molar-refractivity contribution is 14.0. The second kappa shape index (κ2) is 14.2. The highest BCUT2D eigenvalue weighted by Crippen LogP contribution is 2.10. The van der Waals surface area contributed by atoms with E-state index in [-0.39, 0.29) is 24.0 Å². The van der Waals surface area contributed by atoms with E-state index in [0.29, 0.717) is 6.42 Å². The van der Waals surface area contributed by atoms with Gasteiger partial charge in [-0.3, -0.25) is 4.79 Å². The number of aliphatic carboxylic acids is 1. The molecule has 3 heteroatoms. The monoisotopic (exact) mass is 328 g/mol. The first-order valence-corrected chi connectivity index (χ1v) is 5.99. The molecule has 0 amide bonds. The minimum absolute atomic E-state index is 0. The molecule has 0 spiro atoms. The minimum Gasteiger partial charge on any atom is -0.481 e. The third-order valence-corrected chi connectivity index (χ3v) is 2.49. The quantitative estimate of drug-likeness (QED) is 0.470. The standard InChI is InChI=1S/C12H24O2.HI/c1-2-3-4-5-6-7-8-9-10-11-12(13)14;/h2-11H2,1H3,(H,13,14);1H. The summed E-state index contributed by atoms with van der Waals surface area (Å²) >= 11 is 0. The van der Waals surface area contributed by atoms with Crippen LogP contribution in [0.25, 0.3) is 0 Å². The molecule has 0 bridgehead atoms.